The lowest BCUT2D eigenvalue weighted by molar-refractivity contribution is 0.0655. The normalized spacial score (nSPS) is 17.2. The monoisotopic (exact) mass is 311 g/mol. The van der Waals surface area contributed by atoms with Crippen LogP contribution in [0.1, 0.15) is 25.8 Å². The Bertz CT molecular complexity index is 590. The molecule has 1 aromatic carbocycles. The minimum absolute atomic E-state index is 0.0413. The number of nitrogens with zero attached hydrogens (tertiary/aromatic N) is 2. The second-order valence-corrected chi connectivity index (χ2v) is 5.58. The Hall–Kier alpha value is -2.18. The van der Waals surface area contributed by atoms with Crippen molar-refractivity contribution in [1.82, 2.24) is 10.2 Å². The molecule has 22 heavy (non-hydrogen) atoms. The van der Waals surface area contributed by atoms with Crippen molar-refractivity contribution in [3.63, 3.8) is 0 Å². The number of urea groups is 1. The van der Waals surface area contributed by atoms with Crippen molar-refractivity contribution < 1.29 is 18.4 Å². The smallest absolute Gasteiger partial charge is 0.317 e. The molecule has 5 nitrogen and oxygen atoms in total. The molecule has 120 valence electrons. The quantitative estimate of drug-likeness (QED) is 0.929. The average molecular weight is 311 g/mol. The van der Waals surface area contributed by atoms with Crippen LogP contribution < -0.4 is 5.32 Å². The molecular weight excluding hydrogens is 292 g/mol. The van der Waals surface area contributed by atoms with Gasteiger partial charge in [-0.3, -0.25) is 0 Å². The average Bonchev–Trinajstić information content (AvgIpc) is 2.86. The summed E-state index contributed by atoms with van der Waals surface area (Å²) in [5.41, 5.74) is 0.637. The van der Waals surface area contributed by atoms with E-state index in [1.165, 1.54) is 17.0 Å². The summed E-state index contributed by atoms with van der Waals surface area (Å²) in [5, 5.41) is 6.61. The summed E-state index contributed by atoms with van der Waals surface area (Å²) in [6, 6.07) is 3.16. The first-order chi connectivity index (χ1) is 10.4. The molecule has 1 aromatic rings. The van der Waals surface area contributed by atoms with E-state index in [2.05, 4.69) is 10.5 Å². The van der Waals surface area contributed by atoms with Gasteiger partial charge in [0.1, 0.15) is 11.6 Å². The van der Waals surface area contributed by atoms with Gasteiger partial charge < -0.3 is 15.1 Å². The first kappa shape index (κ1) is 16.2. The Balaban J connectivity index is 1.93. The maximum Gasteiger partial charge on any atom is 0.317 e. The predicted molar refractivity (Wildman–Crippen MR) is 78.7 cm³/mol. The minimum Gasteiger partial charge on any atom is -0.390 e. The van der Waals surface area contributed by atoms with Crippen LogP contribution in [0, 0.1) is 11.6 Å². The van der Waals surface area contributed by atoms with Gasteiger partial charge in [-0.15, -0.1) is 0 Å². The molecule has 2 amide bonds. The first-order valence-electron chi connectivity index (χ1n) is 7.06. The largest absolute Gasteiger partial charge is 0.390 e. The van der Waals surface area contributed by atoms with E-state index in [9.17, 15) is 13.6 Å². The van der Waals surface area contributed by atoms with Gasteiger partial charge in [0, 0.05) is 31.1 Å². The molecule has 0 spiro atoms. The predicted octanol–water partition coefficient (Wildman–Crippen LogP) is 2.51. The Morgan fingerprint density at radius 3 is 2.86 bits per heavy atom. The number of benzene rings is 1. The van der Waals surface area contributed by atoms with Gasteiger partial charge in [-0.25, -0.2) is 13.6 Å². The van der Waals surface area contributed by atoms with E-state index in [1.54, 1.807) is 7.05 Å². The number of halogens is 2. The fraction of sp³-hybridized carbons (Fsp3) is 0.467. The second-order valence-electron chi connectivity index (χ2n) is 5.58. The number of hydrogen-bond acceptors (Lipinski definition) is 3. The minimum atomic E-state index is -0.672. The molecule has 1 heterocycles. The molecule has 1 N–H and O–H groups in total. The van der Waals surface area contributed by atoms with Crippen LogP contribution in [0.5, 0.6) is 0 Å². The topological polar surface area (TPSA) is 53.9 Å². The molecule has 0 bridgehead atoms. The van der Waals surface area contributed by atoms with Crippen molar-refractivity contribution in [2.75, 3.05) is 13.6 Å². The Morgan fingerprint density at radius 1 is 1.50 bits per heavy atom. The number of likely N-dealkylation sites (N-methyl/N-ethyl adjacent to an activating group) is 1. The van der Waals surface area contributed by atoms with Gasteiger partial charge in [0.15, 0.2) is 6.10 Å². The summed E-state index contributed by atoms with van der Waals surface area (Å²) in [5.74, 6) is -1.31. The van der Waals surface area contributed by atoms with Crippen LogP contribution in [0.25, 0.3) is 0 Å². The van der Waals surface area contributed by atoms with E-state index in [-0.39, 0.29) is 23.7 Å². The lowest BCUT2D eigenvalue weighted by atomic mass is 10.0. The fourth-order valence-electron chi connectivity index (χ4n) is 2.15. The molecule has 0 fully saturated rings. The molecule has 1 aliphatic heterocycles. The Morgan fingerprint density at radius 2 is 2.23 bits per heavy atom. The molecule has 0 unspecified atom stereocenters. The van der Waals surface area contributed by atoms with Gasteiger partial charge >= 0.3 is 6.03 Å². The summed E-state index contributed by atoms with van der Waals surface area (Å²) in [4.78, 5) is 18.5. The highest BCUT2D eigenvalue weighted by Crippen LogP contribution is 2.20. The number of amides is 2. The van der Waals surface area contributed by atoms with Crippen molar-refractivity contribution in [1.29, 1.82) is 0 Å². The molecule has 0 saturated carbocycles. The molecule has 1 atom stereocenters. The van der Waals surface area contributed by atoms with E-state index in [1.807, 2.05) is 13.8 Å². The molecular formula is C15H19F2N3O2. The van der Waals surface area contributed by atoms with Crippen LogP contribution in [-0.2, 0) is 4.84 Å². The van der Waals surface area contributed by atoms with Crippen LogP contribution in [0.15, 0.2) is 23.4 Å². The molecule has 0 aromatic heterocycles. The molecule has 0 radical (unpaired) electrons. The summed E-state index contributed by atoms with van der Waals surface area (Å²) in [6.45, 7) is 4.07. The van der Waals surface area contributed by atoms with Crippen molar-refractivity contribution in [3.8, 4) is 0 Å². The van der Waals surface area contributed by atoms with Gasteiger partial charge in [-0.1, -0.05) is 5.16 Å². The number of nitrogens with one attached hydrogen (secondary N) is 1. The Labute approximate surface area is 127 Å². The van der Waals surface area contributed by atoms with E-state index >= 15 is 0 Å². The fourth-order valence-corrected chi connectivity index (χ4v) is 2.15. The lowest BCUT2D eigenvalue weighted by Crippen LogP contribution is -2.43. The summed E-state index contributed by atoms with van der Waals surface area (Å²) in [7, 11) is 1.65. The molecule has 0 aliphatic carbocycles. The van der Waals surface area contributed by atoms with Crippen LogP contribution in [-0.4, -0.2) is 42.4 Å². The highest BCUT2D eigenvalue weighted by molar-refractivity contribution is 6.01. The highest BCUT2D eigenvalue weighted by Gasteiger charge is 2.26. The Kier molecular flexibility index (Phi) is 4.95. The van der Waals surface area contributed by atoms with Gasteiger partial charge in [0.25, 0.3) is 0 Å². The van der Waals surface area contributed by atoms with Crippen LogP contribution in [0.2, 0.25) is 0 Å². The third-order valence-corrected chi connectivity index (χ3v) is 3.21. The van der Waals surface area contributed by atoms with Crippen LogP contribution >= 0.6 is 0 Å². The van der Waals surface area contributed by atoms with E-state index in [0.717, 1.165) is 6.07 Å². The SMILES string of the molecule is CC(C)NC(=O)N(C)C[C@@H]1CC(c2ccc(F)cc2F)=NO1. The second kappa shape index (κ2) is 6.72. The molecule has 2 rings (SSSR count). The number of hydrogen-bond donors (Lipinski definition) is 1. The molecule has 7 heteroatoms. The molecule has 0 saturated heterocycles. The van der Waals surface area contributed by atoms with E-state index in [4.69, 9.17) is 4.84 Å². The van der Waals surface area contributed by atoms with Gasteiger partial charge in [-0.05, 0) is 26.0 Å². The van der Waals surface area contributed by atoms with Crippen molar-refractivity contribution in [3.05, 3.63) is 35.4 Å². The summed E-state index contributed by atoms with van der Waals surface area (Å²) in [6.07, 6.45) is 0.0179. The standard InChI is InChI=1S/C15H19F2N3O2/c1-9(2)18-15(21)20(3)8-11-7-14(19-22-11)12-5-4-10(16)6-13(12)17/h4-6,9,11H,7-8H2,1-3H3,(H,18,21)/t11-/m0/s1. The summed E-state index contributed by atoms with van der Waals surface area (Å²) >= 11 is 0. The van der Waals surface area contributed by atoms with E-state index < -0.39 is 11.6 Å². The third kappa shape index (κ3) is 3.93. The van der Waals surface area contributed by atoms with Crippen LogP contribution in [0.3, 0.4) is 0 Å². The van der Waals surface area contributed by atoms with Gasteiger partial charge in [0.2, 0.25) is 0 Å². The maximum absolute atomic E-state index is 13.7. The van der Waals surface area contributed by atoms with Crippen molar-refractivity contribution in [2.24, 2.45) is 5.16 Å². The van der Waals surface area contributed by atoms with Crippen molar-refractivity contribution >= 4 is 11.7 Å². The highest BCUT2D eigenvalue weighted by atomic mass is 19.1. The van der Waals surface area contributed by atoms with Crippen molar-refractivity contribution in [2.45, 2.75) is 32.4 Å². The number of oxime groups is 1. The maximum atomic E-state index is 13.7. The van der Waals surface area contributed by atoms with Gasteiger partial charge in [-0.2, -0.15) is 0 Å². The number of carbonyl (C=O) groups excluding carboxylic acids is 1. The third-order valence-electron chi connectivity index (χ3n) is 3.21. The number of carbonyl (C=O) groups is 1. The van der Waals surface area contributed by atoms with Crippen LogP contribution in [0.4, 0.5) is 13.6 Å². The summed E-state index contributed by atoms with van der Waals surface area (Å²) < 4.78 is 26.6. The lowest BCUT2D eigenvalue weighted by Gasteiger charge is -2.21. The zero-order valence-corrected chi connectivity index (χ0v) is 12.8. The zero-order chi connectivity index (χ0) is 16.3. The van der Waals surface area contributed by atoms with Gasteiger partial charge in [0.05, 0.1) is 12.3 Å². The number of rotatable bonds is 4. The molecule has 1 aliphatic rings. The first-order valence-corrected chi connectivity index (χ1v) is 7.06. The zero-order valence-electron chi connectivity index (χ0n) is 12.8. The van der Waals surface area contributed by atoms with E-state index in [0.29, 0.717) is 18.7 Å².